The number of fused-ring (bicyclic) bond motifs is 2. The van der Waals surface area contributed by atoms with Crippen molar-refractivity contribution in [3.63, 3.8) is 0 Å². The number of hydrogen-bond acceptors (Lipinski definition) is 7. The van der Waals surface area contributed by atoms with Gasteiger partial charge >= 0.3 is 0 Å². The summed E-state index contributed by atoms with van der Waals surface area (Å²) in [6, 6.07) is 12.4. The van der Waals surface area contributed by atoms with E-state index in [1.165, 1.54) is 5.69 Å². The van der Waals surface area contributed by atoms with Crippen molar-refractivity contribution in [3.8, 4) is 17.3 Å². The Balaban J connectivity index is 1.32. The minimum atomic E-state index is 0.0263. The van der Waals surface area contributed by atoms with Crippen molar-refractivity contribution in [1.82, 2.24) is 25.2 Å². The van der Waals surface area contributed by atoms with Gasteiger partial charge in [0.25, 0.3) is 0 Å². The van der Waals surface area contributed by atoms with E-state index in [0.29, 0.717) is 36.4 Å². The first-order valence-corrected chi connectivity index (χ1v) is 11.4. The lowest BCUT2D eigenvalue weighted by Gasteiger charge is -2.36. The van der Waals surface area contributed by atoms with E-state index >= 15 is 0 Å². The molecule has 2 aliphatic heterocycles. The zero-order chi connectivity index (χ0) is 22.4. The molecular formula is C24H26N6O3. The van der Waals surface area contributed by atoms with Crippen LogP contribution in [0.3, 0.4) is 0 Å². The Kier molecular flexibility index (Phi) is 4.91. The van der Waals surface area contributed by atoms with E-state index in [1.807, 2.05) is 18.2 Å². The number of amides is 1. The first-order valence-electron chi connectivity index (χ1n) is 11.4. The normalized spacial score (nSPS) is 21.1. The molecule has 0 radical (unpaired) electrons. The molecule has 3 aromatic heterocycles. The van der Waals surface area contributed by atoms with Crippen molar-refractivity contribution >= 4 is 28.2 Å². The number of ether oxygens (including phenoxy) is 1. The van der Waals surface area contributed by atoms with Crippen molar-refractivity contribution in [2.75, 3.05) is 31.1 Å². The summed E-state index contributed by atoms with van der Waals surface area (Å²) in [7, 11) is 0. The van der Waals surface area contributed by atoms with Gasteiger partial charge in [0.15, 0.2) is 11.4 Å². The van der Waals surface area contributed by atoms with Crippen LogP contribution in [0.1, 0.15) is 19.8 Å². The zero-order valence-corrected chi connectivity index (χ0v) is 18.5. The number of carbonyl (C=O) groups is 1. The van der Waals surface area contributed by atoms with E-state index in [1.54, 1.807) is 16.8 Å². The third kappa shape index (κ3) is 3.68. The standard InChI is InChI=1S/C24H26N6O3/c1-15-12-25-9-10-29(15)18-3-2-4-20-17(18)11-21(33-20)19-13-26-22-6-8-24(28-30(19)22)32-14-16-5-7-23(31)27-16/h2-4,6,8,11,13,15-16,25H,5,7,9-10,12,14H2,1H3,(H,27,31)/t15-,16+/m1/s1. The average Bonchev–Trinajstić information content (AvgIpc) is 3.55. The Labute approximate surface area is 190 Å². The van der Waals surface area contributed by atoms with Crippen LogP contribution in [0.25, 0.3) is 28.1 Å². The fourth-order valence-electron chi connectivity index (χ4n) is 4.71. The summed E-state index contributed by atoms with van der Waals surface area (Å²) in [4.78, 5) is 18.3. The molecular weight excluding hydrogens is 420 g/mol. The molecule has 2 fully saturated rings. The maximum absolute atomic E-state index is 11.4. The summed E-state index contributed by atoms with van der Waals surface area (Å²) in [5.41, 5.74) is 3.50. The van der Waals surface area contributed by atoms with Gasteiger partial charge in [-0.25, -0.2) is 9.50 Å². The Hall–Kier alpha value is -3.59. The number of benzene rings is 1. The van der Waals surface area contributed by atoms with E-state index in [0.717, 1.165) is 42.7 Å². The van der Waals surface area contributed by atoms with Crippen LogP contribution in [0.4, 0.5) is 5.69 Å². The van der Waals surface area contributed by atoms with Crippen LogP contribution in [-0.2, 0) is 4.79 Å². The van der Waals surface area contributed by atoms with Crippen molar-refractivity contribution in [1.29, 1.82) is 0 Å². The molecule has 0 unspecified atom stereocenters. The van der Waals surface area contributed by atoms with Crippen molar-refractivity contribution in [3.05, 3.63) is 42.6 Å². The van der Waals surface area contributed by atoms with Gasteiger partial charge in [-0.2, -0.15) is 0 Å². The fraction of sp³-hybridized carbons (Fsp3) is 0.375. The average molecular weight is 447 g/mol. The maximum Gasteiger partial charge on any atom is 0.231 e. The van der Waals surface area contributed by atoms with Crippen LogP contribution in [0.2, 0.25) is 0 Å². The molecule has 9 heteroatoms. The third-order valence-corrected chi connectivity index (χ3v) is 6.46. The monoisotopic (exact) mass is 446 g/mol. The number of rotatable bonds is 5. The Morgan fingerprint density at radius 3 is 3.06 bits per heavy atom. The van der Waals surface area contributed by atoms with Gasteiger partial charge < -0.3 is 24.7 Å². The fourth-order valence-corrected chi connectivity index (χ4v) is 4.71. The van der Waals surface area contributed by atoms with Crippen molar-refractivity contribution in [2.24, 2.45) is 0 Å². The number of furan rings is 1. The molecule has 1 aromatic carbocycles. The molecule has 170 valence electrons. The van der Waals surface area contributed by atoms with E-state index in [-0.39, 0.29) is 11.9 Å². The van der Waals surface area contributed by atoms with E-state index in [4.69, 9.17) is 9.15 Å². The highest BCUT2D eigenvalue weighted by Gasteiger charge is 2.23. The molecule has 9 nitrogen and oxygen atoms in total. The molecule has 5 heterocycles. The molecule has 0 bridgehead atoms. The largest absolute Gasteiger partial charge is 0.474 e. The highest BCUT2D eigenvalue weighted by molar-refractivity contribution is 5.94. The predicted molar refractivity (Wildman–Crippen MR) is 125 cm³/mol. The van der Waals surface area contributed by atoms with Gasteiger partial charge in [-0.15, -0.1) is 5.10 Å². The quantitative estimate of drug-likeness (QED) is 0.486. The van der Waals surface area contributed by atoms with Crippen LogP contribution >= 0.6 is 0 Å². The second-order valence-electron chi connectivity index (χ2n) is 8.75. The van der Waals surface area contributed by atoms with E-state index < -0.39 is 0 Å². The first-order chi connectivity index (χ1) is 16.2. The Bertz CT molecular complexity index is 1330. The zero-order valence-electron chi connectivity index (χ0n) is 18.5. The smallest absolute Gasteiger partial charge is 0.231 e. The minimum absolute atomic E-state index is 0.0263. The van der Waals surface area contributed by atoms with E-state index in [9.17, 15) is 4.79 Å². The van der Waals surface area contributed by atoms with Crippen LogP contribution in [0.15, 0.2) is 47.0 Å². The summed E-state index contributed by atoms with van der Waals surface area (Å²) in [5.74, 6) is 1.26. The number of nitrogens with zero attached hydrogens (tertiary/aromatic N) is 4. The summed E-state index contributed by atoms with van der Waals surface area (Å²) < 4.78 is 13.9. The topological polar surface area (TPSA) is 96.9 Å². The van der Waals surface area contributed by atoms with Gasteiger partial charge in [0, 0.05) is 49.2 Å². The lowest BCUT2D eigenvalue weighted by Crippen LogP contribution is -2.49. The second-order valence-corrected chi connectivity index (χ2v) is 8.75. The number of aromatic nitrogens is 3. The summed E-state index contributed by atoms with van der Waals surface area (Å²) in [6.07, 6.45) is 3.10. The highest BCUT2D eigenvalue weighted by Crippen LogP contribution is 2.35. The number of piperazine rings is 1. The number of imidazole rings is 1. The number of hydrogen-bond donors (Lipinski definition) is 2. The molecule has 4 aromatic rings. The van der Waals surface area contributed by atoms with Gasteiger partial charge in [0.1, 0.15) is 17.9 Å². The Morgan fingerprint density at radius 1 is 1.27 bits per heavy atom. The Morgan fingerprint density at radius 2 is 2.21 bits per heavy atom. The van der Waals surface area contributed by atoms with Crippen LogP contribution in [0, 0.1) is 0 Å². The number of nitrogens with one attached hydrogen (secondary N) is 2. The van der Waals surface area contributed by atoms with Crippen molar-refractivity contribution in [2.45, 2.75) is 31.8 Å². The first kappa shape index (κ1) is 20.0. The van der Waals surface area contributed by atoms with Crippen LogP contribution < -0.4 is 20.3 Å². The van der Waals surface area contributed by atoms with Crippen molar-refractivity contribution < 1.29 is 13.9 Å². The van der Waals surface area contributed by atoms with E-state index in [2.05, 4.69) is 44.7 Å². The maximum atomic E-state index is 11.4. The molecule has 2 aliphatic rings. The summed E-state index contributed by atoms with van der Waals surface area (Å²) in [5, 5.41) is 12.1. The molecule has 2 N–H and O–H groups in total. The lowest BCUT2D eigenvalue weighted by atomic mass is 10.1. The molecule has 0 spiro atoms. The summed E-state index contributed by atoms with van der Waals surface area (Å²) >= 11 is 0. The molecule has 0 aliphatic carbocycles. The van der Waals surface area contributed by atoms with Crippen LogP contribution in [-0.4, -0.2) is 58.8 Å². The minimum Gasteiger partial charge on any atom is -0.474 e. The molecule has 2 atom stereocenters. The third-order valence-electron chi connectivity index (χ3n) is 6.46. The van der Waals surface area contributed by atoms with Gasteiger partial charge in [0.05, 0.1) is 12.2 Å². The molecule has 33 heavy (non-hydrogen) atoms. The molecule has 2 saturated heterocycles. The SMILES string of the molecule is C[C@@H]1CNCCN1c1cccc2oc(-c3cnc4ccc(OC[C@@H]5CCC(=O)N5)nn34)cc12. The number of carbonyl (C=O) groups excluding carboxylic acids is 1. The van der Waals surface area contributed by atoms with Gasteiger partial charge in [-0.3, -0.25) is 4.79 Å². The van der Waals surface area contributed by atoms with Gasteiger partial charge in [0.2, 0.25) is 11.8 Å². The van der Waals surface area contributed by atoms with Gasteiger partial charge in [-0.1, -0.05) is 6.07 Å². The molecule has 0 saturated carbocycles. The highest BCUT2D eigenvalue weighted by atomic mass is 16.5. The van der Waals surface area contributed by atoms with Crippen LogP contribution in [0.5, 0.6) is 5.88 Å². The van der Waals surface area contributed by atoms with Gasteiger partial charge in [-0.05, 0) is 37.6 Å². The molecule has 6 rings (SSSR count). The predicted octanol–water partition coefficient (Wildman–Crippen LogP) is 2.60. The molecule has 1 amide bonds. The second kappa shape index (κ2) is 8.08. The lowest BCUT2D eigenvalue weighted by molar-refractivity contribution is -0.119. The summed E-state index contributed by atoms with van der Waals surface area (Å²) in [6.45, 7) is 5.52. The number of anilines is 1.